The van der Waals surface area contributed by atoms with Crippen molar-refractivity contribution in [2.24, 2.45) is 5.73 Å². The minimum absolute atomic E-state index is 0.108. The third-order valence-electron chi connectivity index (χ3n) is 3.97. The molecule has 0 aliphatic carbocycles. The molecule has 0 fully saturated rings. The highest BCUT2D eigenvalue weighted by Crippen LogP contribution is 2.42. The molecular formula is C16H14BrClN2O4S. The normalized spacial score (nSPS) is 16.6. The molecule has 0 spiro atoms. The van der Waals surface area contributed by atoms with Crippen molar-refractivity contribution in [1.82, 2.24) is 0 Å². The molecule has 0 radical (unpaired) electrons. The third kappa shape index (κ3) is 2.98. The number of ether oxygens (including phenoxy) is 1. The van der Waals surface area contributed by atoms with Gasteiger partial charge < -0.3 is 10.5 Å². The number of hydrogen-bond donors (Lipinski definition) is 1. The molecule has 0 bridgehead atoms. The van der Waals surface area contributed by atoms with E-state index in [1.54, 1.807) is 24.3 Å². The zero-order chi connectivity index (χ0) is 18.4. The molecule has 1 heterocycles. The van der Waals surface area contributed by atoms with Crippen molar-refractivity contribution >= 4 is 49.1 Å². The molecule has 1 aliphatic heterocycles. The number of carbonyl (C=O) groups is 1. The van der Waals surface area contributed by atoms with Crippen LogP contribution in [0, 0.1) is 0 Å². The predicted octanol–water partition coefficient (Wildman–Crippen LogP) is 2.72. The van der Waals surface area contributed by atoms with E-state index in [9.17, 15) is 13.2 Å². The third-order valence-corrected chi connectivity index (χ3v) is 6.60. The van der Waals surface area contributed by atoms with E-state index >= 15 is 0 Å². The molecule has 0 saturated heterocycles. The molecule has 6 nitrogen and oxygen atoms in total. The van der Waals surface area contributed by atoms with Crippen LogP contribution in [0.1, 0.15) is 5.56 Å². The minimum atomic E-state index is -4.14. The molecule has 1 atom stereocenters. The number of fused-ring (bicyclic) bond motifs is 1. The van der Waals surface area contributed by atoms with Crippen LogP contribution in [0.15, 0.2) is 45.8 Å². The van der Waals surface area contributed by atoms with Crippen LogP contribution in [-0.4, -0.2) is 27.5 Å². The fourth-order valence-electron chi connectivity index (χ4n) is 2.90. The fraction of sp³-hybridized carbons (Fsp3) is 0.188. The van der Waals surface area contributed by atoms with Crippen LogP contribution >= 0.6 is 27.5 Å². The first-order valence-electron chi connectivity index (χ1n) is 7.22. The SMILES string of the molecule is COc1c(Br)cc(Cl)cc1S(=O)(=O)N1c2ccccc2C[C@H]1C(N)=O. The van der Waals surface area contributed by atoms with E-state index in [1.165, 1.54) is 19.2 Å². The van der Waals surface area contributed by atoms with Crippen LogP contribution in [0.25, 0.3) is 0 Å². The quantitative estimate of drug-likeness (QED) is 0.783. The molecule has 1 amide bonds. The summed E-state index contributed by atoms with van der Waals surface area (Å²) in [6.45, 7) is 0. The van der Waals surface area contributed by atoms with E-state index in [0.717, 1.165) is 9.87 Å². The lowest BCUT2D eigenvalue weighted by atomic mass is 10.1. The predicted molar refractivity (Wildman–Crippen MR) is 98.5 cm³/mol. The van der Waals surface area contributed by atoms with Crippen LogP contribution in [0.3, 0.4) is 0 Å². The Morgan fingerprint density at radius 2 is 2.04 bits per heavy atom. The van der Waals surface area contributed by atoms with Gasteiger partial charge in [-0.15, -0.1) is 0 Å². The monoisotopic (exact) mass is 444 g/mol. The number of primary amides is 1. The van der Waals surface area contributed by atoms with E-state index in [2.05, 4.69) is 15.9 Å². The first-order valence-corrected chi connectivity index (χ1v) is 9.83. The number of anilines is 1. The smallest absolute Gasteiger partial charge is 0.268 e. The Bertz CT molecular complexity index is 965. The largest absolute Gasteiger partial charge is 0.494 e. The number of nitrogens with two attached hydrogens (primary N) is 1. The van der Waals surface area contributed by atoms with E-state index in [4.69, 9.17) is 22.1 Å². The maximum absolute atomic E-state index is 13.4. The van der Waals surface area contributed by atoms with Gasteiger partial charge >= 0.3 is 0 Å². The summed E-state index contributed by atoms with van der Waals surface area (Å²) in [4.78, 5) is 11.8. The zero-order valence-corrected chi connectivity index (χ0v) is 16.2. The standard InChI is InChI=1S/C16H14BrClN2O4S/c1-24-15-11(17)7-10(18)8-14(15)25(22,23)20-12-5-3-2-4-9(12)6-13(20)16(19)21/h2-5,7-8,13H,6H2,1H3,(H2,19,21)/t13-/m0/s1. The Labute approximate surface area is 158 Å². The second kappa shape index (κ2) is 6.51. The molecule has 0 unspecified atom stereocenters. The van der Waals surface area contributed by atoms with Crippen molar-refractivity contribution in [3.63, 3.8) is 0 Å². The van der Waals surface area contributed by atoms with Crippen LogP contribution in [-0.2, 0) is 21.2 Å². The van der Waals surface area contributed by atoms with Gasteiger partial charge in [-0.25, -0.2) is 8.42 Å². The van der Waals surface area contributed by atoms with Crippen molar-refractivity contribution in [1.29, 1.82) is 0 Å². The summed E-state index contributed by atoms with van der Waals surface area (Å²) in [6.07, 6.45) is 0.217. The number of rotatable bonds is 4. The first kappa shape index (κ1) is 18.0. The van der Waals surface area contributed by atoms with Gasteiger partial charge in [0.1, 0.15) is 10.9 Å². The van der Waals surface area contributed by atoms with Gasteiger partial charge in [-0.3, -0.25) is 9.10 Å². The summed E-state index contributed by atoms with van der Waals surface area (Å²) in [5, 5.41) is 0.217. The van der Waals surface area contributed by atoms with Crippen molar-refractivity contribution in [2.75, 3.05) is 11.4 Å². The maximum atomic E-state index is 13.4. The Morgan fingerprint density at radius 1 is 1.36 bits per heavy atom. The van der Waals surface area contributed by atoms with Crippen molar-refractivity contribution < 1.29 is 17.9 Å². The van der Waals surface area contributed by atoms with Gasteiger partial charge in [-0.05, 0) is 39.7 Å². The first-order chi connectivity index (χ1) is 11.8. The highest BCUT2D eigenvalue weighted by molar-refractivity contribution is 9.10. The van der Waals surface area contributed by atoms with Crippen LogP contribution in [0.4, 0.5) is 5.69 Å². The van der Waals surface area contributed by atoms with Crippen molar-refractivity contribution in [3.05, 3.63) is 51.5 Å². The van der Waals surface area contributed by atoms with E-state index in [-0.39, 0.29) is 22.1 Å². The zero-order valence-electron chi connectivity index (χ0n) is 13.1. The lowest BCUT2D eigenvalue weighted by Gasteiger charge is -2.26. The number of nitrogens with zero attached hydrogens (tertiary/aromatic N) is 1. The molecule has 2 aromatic carbocycles. The highest BCUT2D eigenvalue weighted by atomic mass is 79.9. The van der Waals surface area contributed by atoms with Crippen LogP contribution in [0.5, 0.6) is 5.75 Å². The number of amides is 1. The average Bonchev–Trinajstić information content (AvgIpc) is 2.94. The average molecular weight is 446 g/mol. The lowest BCUT2D eigenvalue weighted by Crippen LogP contribution is -2.46. The van der Waals surface area contributed by atoms with Gasteiger partial charge in [0.25, 0.3) is 10.0 Å². The number of para-hydroxylation sites is 1. The number of hydrogen-bond acceptors (Lipinski definition) is 4. The van der Waals surface area contributed by atoms with Gasteiger partial charge in [0.2, 0.25) is 5.91 Å². The molecule has 132 valence electrons. The van der Waals surface area contributed by atoms with Crippen molar-refractivity contribution in [2.45, 2.75) is 17.4 Å². The van der Waals surface area contributed by atoms with Gasteiger partial charge in [0.05, 0.1) is 17.3 Å². The number of sulfonamides is 1. The number of methoxy groups -OCH3 is 1. The lowest BCUT2D eigenvalue weighted by molar-refractivity contribution is -0.118. The Morgan fingerprint density at radius 3 is 2.68 bits per heavy atom. The molecule has 3 rings (SSSR count). The summed E-state index contributed by atoms with van der Waals surface area (Å²) in [7, 11) is -2.78. The molecule has 9 heteroatoms. The van der Waals surface area contributed by atoms with Crippen LogP contribution < -0.4 is 14.8 Å². The summed E-state index contributed by atoms with van der Waals surface area (Å²) >= 11 is 9.28. The van der Waals surface area contributed by atoms with Gasteiger partial charge in [-0.2, -0.15) is 0 Å². The molecule has 1 aliphatic rings. The molecule has 0 saturated carbocycles. The maximum Gasteiger partial charge on any atom is 0.268 e. The van der Waals surface area contributed by atoms with E-state index in [1.807, 2.05) is 0 Å². The fourth-order valence-corrected chi connectivity index (χ4v) is 5.94. The summed E-state index contributed by atoms with van der Waals surface area (Å²) in [5.41, 5.74) is 6.61. The molecule has 2 N–H and O–H groups in total. The Hall–Kier alpha value is -1.77. The summed E-state index contributed by atoms with van der Waals surface area (Å²) in [5.74, 6) is -0.614. The Balaban J connectivity index is 2.25. The number of carbonyl (C=O) groups excluding carboxylic acids is 1. The van der Waals surface area contributed by atoms with Gasteiger partial charge in [-0.1, -0.05) is 29.8 Å². The topological polar surface area (TPSA) is 89.7 Å². The highest BCUT2D eigenvalue weighted by Gasteiger charge is 2.42. The minimum Gasteiger partial charge on any atom is -0.494 e. The number of benzene rings is 2. The van der Waals surface area contributed by atoms with Gasteiger partial charge in [0, 0.05) is 11.4 Å². The summed E-state index contributed by atoms with van der Waals surface area (Å²) in [6, 6.07) is 8.71. The molecule has 2 aromatic rings. The molecule has 0 aromatic heterocycles. The van der Waals surface area contributed by atoms with E-state index < -0.39 is 22.0 Å². The molecular weight excluding hydrogens is 432 g/mol. The molecule has 25 heavy (non-hydrogen) atoms. The second-order valence-electron chi connectivity index (χ2n) is 5.47. The number of halogens is 2. The van der Waals surface area contributed by atoms with E-state index in [0.29, 0.717) is 10.2 Å². The van der Waals surface area contributed by atoms with Crippen LogP contribution in [0.2, 0.25) is 5.02 Å². The van der Waals surface area contributed by atoms with Gasteiger partial charge in [0.15, 0.2) is 5.75 Å². The summed E-state index contributed by atoms with van der Waals surface area (Å²) < 4.78 is 33.4. The Kier molecular flexibility index (Phi) is 4.70. The second-order valence-corrected chi connectivity index (χ2v) is 8.54. The van der Waals surface area contributed by atoms with Crippen molar-refractivity contribution in [3.8, 4) is 5.75 Å².